The fourth-order valence-electron chi connectivity index (χ4n) is 0.600. The van der Waals surface area contributed by atoms with Crippen molar-refractivity contribution in [1.29, 1.82) is 0 Å². The lowest BCUT2D eigenvalue weighted by Gasteiger charge is -2.02. The van der Waals surface area contributed by atoms with E-state index in [-0.39, 0.29) is 4.88 Å². The van der Waals surface area contributed by atoms with E-state index in [2.05, 4.69) is 9.59 Å². The van der Waals surface area contributed by atoms with Gasteiger partial charge in [-0.3, -0.25) is 4.55 Å². The molecule has 1 atom stereocenters. The van der Waals surface area contributed by atoms with Crippen molar-refractivity contribution in [2.24, 2.45) is 0 Å². The normalized spacial score (nSPS) is 14.6. The average molecular weight is 210 g/mol. The zero-order valence-electron chi connectivity index (χ0n) is 6.00. The predicted molar refractivity (Wildman–Crippen MR) is 41.2 cm³/mol. The Morgan fingerprint density at radius 2 is 2.17 bits per heavy atom. The smallest absolute Gasteiger partial charge is 0.297 e. The topological polar surface area (TPSA) is 100 Å². The van der Waals surface area contributed by atoms with Crippen molar-refractivity contribution >= 4 is 21.7 Å². The molecule has 1 unspecified atom stereocenters. The second-order valence-electron chi connectivity index (χ2n) is 2.09. The molecule has 68 valence electrons. The summed E-state index contributed by atoms with van der Waals surface area (Å²) in [6, 6.07) is 0. The highest BCUT2D eigenvalue weighted by Gasteiger charge is 2.26. The van der Waals surface area contributed by atoms with Crippen LogP contribution in [-0.2, 0) is 10.1 Å². The van der Waals surface area contributed by atoms with Gasteiger partial charge >= 0.3 is 0 Å². The minimum atomic E-state index is -4.46. The highest BCUT2D eigenvalue weighted by Crippen LogP contribution is 2.23. The monoisotopic (exact) mass is 210 g/mol. The first kappa shape index (κ1) is 9.52. The summed E-state index contributed by atoms with van der Waals surface area (Å²) >= 11 is 0.734. The number of rotatable bonds is 2. The first-order chi connectivity index (χ1) is 5.43. The molecule has 8 heteroatoms. The molecule has 0 saturated heterocycles. The SMILES string of the molecule is Cc1nnsc1C(O)S(=O)(=O)O. The Bertz CT molecular complexity index is 370. The van der Waals surface area contributed by atoms with Crippen LogP contribution in [0.15, 0.2) is 0 Å². The van der Waals surface area contributed by atoms with Gasteiger partial charge in [-0.05, 0) is 18.5 Å². The second-order valence-corrected chi connectivity index (χ2v) is 4.35. The van der Waals surface area contributed by atoms with Crippen LogP contribution in [0.3, 0.4) is 0 Å². The van der Waals surface area contributed by atoms with Gasteiger partial charge in [-0.25, -0.2) is 0 Å². The number of hydrogen-bond donors (Lipinski definition) is 2. The Balaban J connectivity index is 3.09. The minimum absolute atomic E-state index is 0.0394. The molecule has 1 rings (SSSR count). The van der Waals surface area contributed by atoms with Gasteiger partial charge in [0.2, 0.25) is 5.44 Å². The maximum absolute atomic E-state index is 10.4. The molecule has 1 aromatic rings. The van der Waals surface area contributed by atoms with E-state index in [1.165, 1.54) is 6.92 Å². The molecule has 0 spiro atoms. The van der Waals surface area contributed by atoms with Crippen LogP contribution in [0.25, 0.3) is 0 Å². The van der Waals surface area contributed by atoms with Crippen molar-refractivity contribution in [3.05, 3.63) is 10.6 Å². The fourth-order valence-corrected chi connectivity index (χ4v) is 2.05. The Kier molecular flexibility index (Phi) is 2.42. The lowest BCUT2D eigenvalue weighted by Crippen LogP contribution is -2.10. The molecule has 0 fully saturated rings. The highest BCUT2D eigenvalue weighted by molar-refractivity contribution is 7.86. The van der Waals surface area contributed by atoms with Crippen LogP contribution in [0.4, 0.5) is 0 Å². The molecule has 12 heavy (non-hydrogen) atoms. The molecular formula is C4H6N2O4S2. The molecule has 6 nitrogen and oxygen atoms in total. The predicted octanol–water partition coefficient (Wildman–Crippen LogP) is -0.275. The zero-order chi connectivity index (χ0) is 9.35. The lowest BCUT2D eigenvalue weighted by molar-refractivity contribution is 0.241. The maximum atomic E-state index is 10.4. The standard InChI is InChI=1S/C4H6N2O4S2/c1-2-3(11-6-5-2)4(7)12(8,9)10/h4,7H,1H3,(H,8,9,10). The van der Waals surface area contributed by atoms with Crippen molar-refractivity contribution in [2.45, 2.75) is 12.4 Å². The van der Waals surface area contributed by atoms with Gasteiger partial charge < -0.3 is 5.11 Å². The van der Waals surface area contributed by atoms with Crippen LogP contribution < -0.4 is 0 Å². The van der Waals surface area contributed by atoms with Crippen LogP contribution in [0.2, 0.25) is 0 Å². The summed E-state index contributed by atoms with van der Waals surface area (Å²) in [5, 5.41) is 12.5. The van der Waals surface area contributed by atoms with Gasteiger partial charge in [0.05, 0.1) is 10.6 Å². The zero-order valence-corrected chi connectivity index (χ0v) is 7.63. The molecule has 0 bridgehead atoms. The van der Waals surface area contributed by atoms with Gasteiger partial charge in [0.25, 0.3) is 10.1 Å². The van der Waals surface area contributed by atoms with Crippen molar-refractivity contribution < 1.29 is 18.1 Å². The van der Waals surface area contributed by atoms with Gasteiger partial charge in [-0.1, -0.05) is 4.49 Å². The summed E-state index contributed by atoms with van der Waals surface area (Å²) in [6.45, 7) is 1.49. The van der Waals surface area contributed by atoms with Gasteiger partial charge in [0.15, 0.2) is 0 Å². The van der Waals surface area contributed by atoms with Gasteiger partial charge in [0.1, 0.15) is 0 Å². The molecular weight excluding hydrogens is 204 g/mol. The number of nitrogens with zero attached hydrogens (tertiary/aromatic N) is 2. The Morgan fingerprint density at radius 3 is 2.50 bits per heavy atom. The van der Waals surface area contributed by atoms with Gasteiger partial charge in [-0.2, -0.15) is 8.42 Å². The van der Waals surface area contributed by atoms with Crippen molar-refractivity contribution in [2.75, 3.05) is 0 Å². The molecule has 0 radical (unpaired) electrons. The van der Waals surface area contributed by atoms with Crippen LogP contribution in [0, 0.1) is 6.92 Å². The molecule has 0 saturated carbocycles. The summed E-state index contributed by atoms with van der Waals surface area (Å²) in [7, 11) is -4.46. The van der Waals surface area contributed by atoms with E-state index in [9.17, 15) is 8.42 Å². The summed E-state index contributed by atoms with van der Waals surface area (Å²) < 4.78 is 32.7. The first-order valence-corrected chi connectivity index (χ1v) is 5.14. The van der Waals surface area contributed by atoms with Crippen LogP contribution in [0.1, 0.15) is 16.0 Å². The van der Waals surface area contributed by atoms with Crippen LogP contribution >= 0.6 is 11.5 Å². The van der Waals surface area contributed by atoms with E-state index in [0.29, 0.717) is 5.69 Å². The molecule has 0 aromatic carbocycles. The third-order valence-electron chi connectivity index (χ3n) is 1.19. The van der Waals surface area contributed by atoms with E-state index in [4.69, 9.17) is 9.66 Å². The van der Waals surface area contributed by atoms with Gasteiger partial charge in [0, 0.05) is 0 Å². The van der Waals surface area contributed by atoms with Crippen LogP contribution in [-0.4, -0.2) is 27.7 Å². The van der Waals surface area contributed by atoms with E-state index >= 15 is 0 Å². The Morgan fingerprint density at radius 1 is 1.58 bits per heavy atom. The fraction of sp³-hybridized carbons (Fsp3) is 0.500. The van der Waals surface area contributed by atoms with Crippen molar-refractivity contribution in [3.63, 3.8) is 0 Å². The summed E-state index contributed by atoms with van der Waals surface area (Å²) in [6.07, 6.45) is 0. The number of aromatic nitrogens is 2. The highest BCUT2D eigenvalue weighted by atomic mass is 32.2. The quantitative estimate of drug-likeness (QED) is 0.651. The second kappa shape index (κ2) is 3.05. The molecule has 1 aromatic heterocycles. The first-order valence-electron chi connectivity index (χ1n) is 2.86. The maximum Gasteiger partial charge on any atom is 0.297 e. The summed E-state index contributed by atoms with van der Waals surface area (Å²) in [5.74, 6) is 0. The van der Waals surface area contributed by atoms with E-state index < -0.39 is 15.6 Å². The van der Waals surface area contributed by atoms with E-state index in [1.54, 1.807) is 0 Å². The summed E-state index contributed by atoms with van der Waals surface area (Å²) in [4.78, 5) is 0.0394. The van der Waals surface area contributed by atoms with E-state index in [1.807, 2.05) is 0 Å². The minimum Gasteiger partial charge on any atom is -0.371 e. The third-order valence-corrected chi connectivity index (χ3v) is 3.02. The van der Waals surface area contributed by atoms with Crippen LogP contribution in [0.5, 0.6) is 0 Å². The number of hydrogen-bond acceptors (Lipinski definition) is 6. The number of aryl methyl sites for hydroxylation is 1. The molecule has 1 heterocycles. The molecule has 0 aliphatic rings. The molecule has 0 aliphatic carbocycles. The Labute approximate surface area is 72.8 Å². The third kappa shape index (κ3) is 1.78. The molecule has 0 amide bonds. The van der Waals surface area contributed by atoms with Gasteiger partial charge in [-0.15, -0.1) is 5.10 Å². The average Bonchev–Trinajstić information content (AvgIpc) is 2.31. The number of aliphatic hydroxyl groups excluding tert-OH is 1. The molecule has 2 N–H and O–H groups in total. The van der Waals surface area contributed by atoms with Crippen molar-refractivity contribution in [1.82, 2.24) is 9.59 Å². The number of aliphatic hydroxyl groups is 1. The van der Waals surface area contributed by atoms with Crippen molar-refractivity contribution in [3.8, 4) is 0 Å². The molecule has 0 aliphatic heterocycles. The summed E-state index contributed by atoms with van der Waals surface area (Å²) in [5.41, 5.74) is -1.64. The lowest BCUT2D eigenvalue weighted by atomic mass is 10.4. The largest absolute Gasteiger partial charge is 0.371 e. The van der Waals surface area contributed by atoms with E-state index in [0.717, 1.165) is 11.5 Å². The Hall–Kier alpha value is -0.570.